The Morgan fingerprint density at radius 3 is 2.94 bits per heavy atom. The van der Waals surface area contributed by atoms with E-state index in [1.807, 2.05) is 11.5 Å². The average molecular weight is 223 g/mol. The van der Waals surface area contributed by atoms with Gasteiger partial charge in [-0.25, -0.2) is 9.78 Å². The lowest BCUT2D eigenvalue weighted by atomic mass is 9.93. The normalized spacial score (nSPS) is 16.1. The molecule has 0 spiro atoms. The molecule has 16 heavy (non-hydrogen) atoms. The second kappa shape index (κ2) is 4.65. The van der Waals surface area contributed by atoms with Crippen molar-refractivity contribution >= 4 is 5.97 Å². The SMILES string of the molecule is CCn1cc(C(=O)O)nc1CNC1CCC1. The smallest absolute Gasteiger partial charge is 0.356 e. The molecule has 0 saturated heterocycles. The predicted octanol–water partition coefficient (Wildman–Crippen LogP) is 1.24. The Morgan fingerprint density at radius 1 is 1.69 bits per heavy atom. The first-order chi connectivity index (χ1) is 7.70. The molecule has 1 aliphatic rings. The fraction of sp³-hybridized carbons (Fsp3) is 0.636. The third-order valence-electron chi connectivity index (χ3n) is 3.07. The summed E-state index contributed by atoms with van der Waals surface area (Å²) in [6.07, 6.45) is 5.33. The molecule has 0 unspecified atom stereocenters. The second-order valence-corrected chi connectivity index (χ2v) is 4.14. The van der Waals surface area contributed by atoms with Crippen LogP contribution in [0.2, 0.25) is 0 Å². The maximum atomic E-state index is 10.8. The van der Waals surface area contributed by atoms with Gasteiger partial charge >= 0.3 is 5.97 Å². The molecule has 0 aliphatic heterocycles. The van der Waals surface area contributed by atoms with Crippen LogP contribution in [-0.4, -0.2) is 26.7 Å². The van der Waals surface area contributed by atoms with Crippen molar-refractivity contribution in [1.29, 1.82) is 0 Å². The first-order valence-corrected chi connectivity index (χ1v) is 5.73. The molecule has 1 saturated carbocycles. The lowest BCUT2D eigenvalue weighted by Crippen LogP contribution is -2.35. The Bertz CT molecular complexity index is 383. The van der Waals surface area contributed by atoms with Crippen LogP contribution in [0.3, 0.4) is 0 Å². The fourth-order valence-electron chi connectivity index (χ4n) is 1.82. The van der Waals surface area contributed by atoms with Crippen LogP contribution >= 0.6 is 0 Å². The molecule has 2 rings (SSSR count). The van der Waals surface area contributed by atoms with Crippen molar-refractivity contribution in [3.8, 4) is 0 Å². The summed E-state index contributed by atoms with van der Waals surface area (Å²) >= 11 is 0. The van der Waals surface area contributed by atoms with Crippen LogP contribution < -0.4 is 5.32 Å². The highest BCUT2D eigenvalue weighted by atomic mass is 16.4. The van der Waals surface area contributed by atoms with Crippen molar-refractivity contribution in [1.82, 2.24) is 14.9 Å². The molecule has 0 atom stereocenters. The average Bonchev–Trinajstić information content (AvgIpc) is 2.59. The van der Waals surface area contributed by atoms with Crippen molar-refractivity contribution in [2.45, 2.75) is 45.3 Å². The number of aromatic carboxylic acids is 1. The molecule has 88 valence electrons. The zero-order valence-corrected chi connectivity index (χ0v) is 9.44. The van der Waals surface area contributed by atoms with Crippen molar-refractivity contribution < 1.29 is 9.90 Å². The largest absolute Gasteiger partial charge is 0.476 e. The molecule has 5 heteroatoms. The molecule has 0 radical (unpaired) electrons. The molecular weight excluding hydrogens is 206 g/mol. The van der Waals surface area contributed by atoms with Gasteiger partial charge in [0.2, 0.25) is 0 Å². The summed E-state index contributed by atoms with van der Waals surface area (Å²) in [6.45, 7) is 3.40. The van der Waals surface area contributed by atoms with E-state index in [4.69, 9.17) is 5.11 Å². The summed E-state index contributed by atoms with van der Waals surface area (Å²) in [4.78, 5) is 14.9. The molecule has 0 bridgehead atoms. The predicted molar refractivity (Wildman–Crippen MR) is 59.3 cm³/mol. The Morgan fingerprint density at radius 2 is 2.44 bits per heavy atom. The maximum Gasteiger partial charge on any atom is 0.356 e. The van der Waals surface area contributed by atoms with E-state index in [0.29, 0.717) is 12.6 Å². The molecule has 1 heterocycles. The lowest BCUT2D eigenvalue weighted by molar-refractivity contribution is 0.0691. The number of aromatic nitrogens is 2. The number of aryl methyl sites for hydroxylation is 1. The highest BCUT2D eigenvalue weighted by Gasteiger charge is 2.18. The van der Waals surface area contributed by atoms with Crippen LogP contribution in [0, 0.1) is 0 Å². The van der Waals surface area contributed by atoms with Gasteiger partial charge in [-0.1, -0.05) is 6.42 Å². The van der Waals surface area contributed by atoms with E-state index in [-0.39, 0.29) is 5.69 Å². The number of rotatable bonds is 5. The van der Waals surface area contributed by atoms with Gasteiger partial charge in [-0.2, -0.15) is 0 Å². The Kier molecular flexibility index (Phi) is 3.24. The number of carboxylic acids is 1. The van der Waals surface area contributed by atoms with Gasteiger partial charge in [0.15, 0.2) is 5.69 Å². The number of carboxylic acid groups (broad SMARTS) is 1. The first kappa shape index (κ1) is 11.1. The van der Waals surface area contributed by atoms with Gasteiger partial charge in [0, 0.05) is 18.8 Å². The molecule has 0 aromatic carbocycles. The van der Waals surface area contributed by atoms with Gasteiger partial charge in [0.25, 0.3) is 0 Å². The number of nitrogens with zero attached hydrogens (tertiary/aromatic N) is 2. The van der Waals surface area contributed by atoms with Crippen molar-refractivity contribution in [2.75, 3.05) is 0 Å². The lowest BCUT2D eigenvalue weighted by Gasteiger charge is -2.26. The Hall–Kier alpha value is -1.36. The number of nitrogens with one attached hydrogen (secondary N) is 1. The minimum Gasteiger partial charge on any atom is -0.476 e. The summed E-state index contributed by atoms with van der Waals surface area (Å²) in [5.41, 5.74) is 0.132. The van der Waals surface area contributed by atoms with Gasteiger partial charge in [-0.3, -0.25) is 0 Å². The van der Waals surface area contributed by atoms with Crippen molar-refractivity contribution in [2.24, 2.45) is 0 Å². The first-order valence-electron chi connectivity index (χ1n) is 5.73. The second-order valence-electron chi connectivity index (χ2n) is 4.14. The van der Waals surface area contributed by atoms with Crippen LogP contribution in [-0.2, 0) is 13.1 Å². The number of hydrogen-bond acceptors (Lipinski definition) is 3. The molecular formula is C11H17N3O2. The number of imidazole rings is 1. The summed E-state index contributed by atoms with van der Waals surface area (Å²) in [6, 6.07) is 0.593. The quantitative estimate of drug-likeness (QED) is 0.788. The fourth-order valence-corrected chi connectivity index (χ4v) is 1.82. The molecule has 1 aliphatic carbocycles. The summed E-state index contributed by atoms with van der Waals surface area (Å²) in [5, 5.41) is 12.2. The summed E-state index contributed by atoms with van der Waals surface area (Å²) in [5.74, 6) is -0.149. The van der Waals surface area contributed by atoms with E-state index in [0.717, 1.165) is 12.4 Å². The maximum absolute atomic E-state index is 10.8. The third-order valence-corrected chi connectivity index (χ3v) is 3.07. The standard InChI is InChI=1S/C11H17N3O2/c1-2-14-7-9(11(15)16)13-10(14)6-12-8-4-3-5-8/h7-8,12H,2-6H2,1H3,(H,15,16). The van der Waals surface area contributed by atoms with Crippen molar-refractivity contribution in [3.63, 3.8) is 0 Å². The molecule has 1 aromatic heterocycles. The van der Waals surface area contributed by atoms with Crippen molar-refractivity contribution in [3.05, 3.63) is 17.7 Å². The van der Waals surface area contributed by atoms with E-state index in [1.54, 1.807) is 6.20 Å². The van der Waals surface area contributed by atoms with Gasteiger partial charge in [-0.15, -0.1) is 0 Å². The minimum absolute atomic E-state index is 0.132. The van der Waals surface area contributed by atoms with Crippen LogP contribution in [0.15, 0.2) is 6.20 Å². The minimum atomic E-state index is -0.961. The number of hydrogen-bond donors (Lipinski definition) is 2. The monoisotopic (exact) mass is 223 g/mol. The molecule has 2 N–H and O–H groups in total. The van der Waals surface area contributed by atoms with Gasteiger partial charge < -0.3 is 15.0 Å². The zero-order valence-electron chi connectivity index (χ0n) is 9.44. The highest BCUT2D eigenvalue weighted by molar-refractivity contribution is 5.85. The van der Waals surface area contributed by atoms with E-state index in [9.17, 15) is 4.79 Å². The Labute approximate surface area is 94.5 Å². The van der Waals surface area contributed by atoms with Crippen LogP contribution in [0.5, 0.6) is 0 Å². The van der Waals surface area contributed by atoms with Crippen LogP contribution in [0.25, 0.3) is 0 Å². The van der Waals surface area contributed by atoms with E-state index in [2.05, 4.69) is 10.3 Å². The zero-order chi connectivity index (χ0) is 11.5. The molecule has 1 fully saturated rings. The van der Waals surface area contributed by atoms with Crippen LogP contribution in [0.4, 0.5) is 0 Å². The molecule has 5 nitrogen and oxygen atoms in total. The molecule has 0 amide bonds. The Balaban J connectivity index is 2.02. The molecule has 1 aromatic rings. The highest BCUT2D eigenvalue weighted by Crippen LogP contribution is 2.18. The third kappa shape index (κ3) is 2.24. The number of carbonyl (C=O) groups is 1. The topological polar surface area (TPSA) is 67.2 Å². The van der Waals surface area contributed by atoms with Crippen LogP contribution in [0.1, 0.15) is 42.5 Å². The van der Waals surface area contributed by atoms with E-state index in [1.165, 1.54) is 19.3 Å². The van der Waals surface area contributed by atoms with Gasteiger partial charge in [0.1, 0.15) is 5.82 Å². The summed E-state index contributed by atoms with van der Waals surface area (Å²) in [7, 11) is 0. The summed E-state index contributed by atoms with van der Waals surface area (Å²) < 4.78 is 1.88. The van der Waals surface area contributed by atoms with Gasteiger partial charge in [0.05, 0.1) is 6.54 Å². The van der Waals surface area contributed by atoms with E-state index < -0.39 is 5.97 Å². The van der Waals surface area contributed by atoms with E-state index >= 15 is 0 Å². The van der Waals surface area contributed by atoms with Gasteiger partial charge in [-0.05, 0) is 19.8 Å².